The van der Waals surface area contributed by atoms with Gasteiger partial charge in [0.1, 0.15) is 18.0 Å². The van der Waals surface area contributed by atoms with Crippen LogP contribution in [-0.4, -0.2) is 72.5 Å². The summed E-state index contributed by atoms with van der Waals surface area (Å²) in [5.41, 5.74) is 2.36. The molecule has 0 bridgehead atoms. The number of hydrogen-bond donors (Lipinski definition) is 2. The molecule has 2 aliphatic rings. The maximum absolute atomic E-state index is 12.9. The molecule has 32 heavy (non-hydrogen) atoms. The lowest BCUT2D eigenvalue weighted by atomic mass is 9.97. The molecule has 10 nitrogen and oxygen atoms in total. The van der Waals surface area contributed by atoms with Crippen molar-refractivity contribution in [1.29, 1.82) is 0 Å². The molecule has 2 fully saturated rings. The van der Waals surface area contributed by atoms with E-state index >= 15 is 0 Å². The Morgan fingerprint density at radius 1 is 1.16 bits per heavy atom. The summed E-state index contributed by atoms with van der Waals surface area (Å²) in [6.45, 7) is 7.99. The first kappa shape index (κ1) is 20.7. The van der Waals surface area contributed by atoms with Crippen LogP contribution in [0.4, 0.5) is 5.82 Å². The highest BCUT2D eigenvalue weighted by atomic mass is 16.2. The lowest BCUT2D eigenvalue weighted by molar-refractivity contribution is -0.135. The Balaban J connectivity index is 1.37. The van der Waals surface area contributed by atoms with Crippen LogP contribution in [0, 0.1) is 12.8 Å². The normalized spacial score (nSPS) is 19.6. The average Bonchev–Trinajstić information content (AvgIpc) is 3.45. The first-order valence-electron chi connectivity index (χ1n) is 11.4. The summed E-state index contributed by atoms with van der Waals surface area (Å²) < 4.78 is 2.05. The topological polar surface area (TPSA) is 114 Å². The molecule has 2 saturated heterocycles. The number of rotatable bonds is 5. The van der Waals surface area contributed by atoms with Crippen LogP contribution in [0.25, 0.3) is 22.6 Å². The number of aryl methyl sites for hydroxylation is 2. The van der Waals surface area contributed by atoms with Crippen molar-refractivity contribution in [1.82, 2.24) is 39.7 Å². The van der Waals surface area contributed by atoms with E-state index in [9.17, 15) is 4.79 Å². The SMILES string of the molecule is CCn1c(-c2cnc(C)nc2)nc2c(N[C@H]3CCN(C(=O)C4CCNCC4)C3)ncnc21. The van der Waals surface area contributed by atoms with Gasteiger partial charge in [0.25, 0.3) is 0 Å². The van der Waals surface area contributed by atoms with Crippen molar-refractivity contribution in [3.63, 3.8) is 0 Å². The molecule has 2 aliphatic heterocycles. The summed E-state index contributed by atoms with van der Waals surface area (Å²) in [7, 11) is 0. The van der Waals surface area contributed by atoms with Crippen molar-refractivity contribution < 1.29 is 4.79 Å². The van der Waals surface area contributed by atoms with Gasteiger partial charge in [-0.05, 0) is 46.2 Å². The van der Waals surface area contributed by atoms with Gasteiger partial charge in [-0.3, -0.25) is 4.79 Å². The second kappa shape index (κ2) is 8.78. The molecule has 2 N–H and O–H groups in total. The maximum Gasteiger partial charge on any atom is 0.225 e. The number of aromatic nitrogens is 6. The van der Waals surface area contributed by atoms with Gasteiger partial charge in [0.05, 0.1) is 5.56 Å². The summed E-state index contributed by atoms with van der Waals surface area (Å²) in [4.78, 5) is 37.4. The number of hydrogen-bond acceptors (Lipinski definition) is 8. The van der Waals surface area contributed by atoms with E-state index in [0.29, 0.717) is 18.3 Å². The number of piperidine rings is 1. The summed E-state index contributed by atoms with van der Waals surface area (Å²) in [5.74, 6) is 2.65. The predicted molar refractivity (Wildman–Crippen MR) is 121 cm³/mol. The third-order valence-electron chi connectivity index (χ3n) is 6.42. The quantitative estimate of drug-likeness (QED) is 0.622. The third-order valence-corrected chi connectivity index (χ3v) is 6.42. The van der Waals surface area contributed by atoms with E-state index in [-0.39, 0.29) is 12.0 Å². The Kier molecular flexibility index (Phi) is 5.69. The van der Waals surface area contributed by atoms with Gasteiger partial charge < -0.3 is 20.1 Å². The highest BCUT2D eigenvalue weighted by molar-refractivity contribution is 5.86. The Morgan fingerprint density at radius 3 is 2.69 bits per heavy atom. The van der Waals surface area contributed by atoms with Gasteiger partial charge in [-0.1, -0.05) is 0 Å². The standard InChI is InChI=1S/C22H29N9O/c1-3-31-20(16-10-24-14(2)25-11-16)29-18-19(26-13-27-21(18)31)28-17-6-9-30(12-17)22(32)15-4-7-23-8-5-15/h10-11,13,15,17,23H,3-9,12H2,1-2H3,(H,26,27,28)/t17-/m0/s1. The van der Waals surface area contributed by atoms with Crippen molar-refractivity contribution in [3.8, 4) is 11.4 Å². The van der Waals surface area contributed by atoms with E-state index in [1.165, 1.54) is 0 Å². The van der Waals surface area contributed by atoms with Gasteiger partial charge >= 0.3 is 0 Å². The highest BCUT2D eigenvalue weighted by Gasteiger charge is 2.32. The van der Waals surface area contributed by atoms with Gasteiger partial charge in [0, 0.05) is 44.0 Å². The number of carbonyl (C=O) groups is 1. The second-order valence-electron chi connectivity index (χ2n) is 8.53. The molecule has 0 saturated carbocycles. The molecule has 0 unspecified atom stereocenters. The molecule has 3 aromatic heterocycles. The van der Waals surface area contributed by atoms with Gasteiger partial charge in [0.15, 0.2) is 17.0 Å². The number of nitrogens with one attached hydrogen (secondary N) is 2. The first-order chi connectivity index (χ1) is 15.6. The van der Waals surface area contributed by atoms with Crippen molar-refractivity contribution in [2.45, 2.75) is 45.7 Å². The summed E-state index contributed by atoms with van der Waals surface area (Å²) >= 11 is 0. The zero-order chi connectivity index (χ0) is 22.1. The Hall–Kier alpha value is -3.14. The van der Waals surface area contributed by atoms with E-state index in [2.05, 4.69) is 42.1 Å². The minimum atomic E-state index is 0.150. The molecule has 1 amide bonds. The number of carbonyl (C=O) groups excluding carboxylic acids is 1. The first-order valence-corrected chi connectivity index (χ1v) is 11.4. The molecule has 0 spiro atoms. The fourth-order valence-electron chi connectivity index (χ4n) is 4.67. The van der Waals surface area contributed by atoms with E-state index in [4.69, 9.17) is 4.98 Å². The van der Waals surface area contributed by atoms with Crippen LogP contribution in [0.5, 0.6) is 0 Å². The fraction of sp³-hybridized carbons (Fsp3) is 0.545. The van der Waals surface area contributed by atoms with Crippen LogP contribution < -0.4 is 10.6 Å². The number of fused-ring (bicyclic) bond motifs is 1. The van der Waals surface area contributed by atoms with Crippen molar-refractivity contribution in [2.24, 2.45) is 5.92 Å². The molecule has 0 aromatic carbocycles. The summed E-state index contributed by atoms with van der Waals surface area (Å²) in [6, 6.07) is 0.150. The molecule has 5 heterocycles. The van der Waals surface area contributed by atoms with Crippen LogP contribution >= 0.6 is 0 Å². The predicted octanol–water partition coefficient (Wildman–Crippen LogP) is 1.62. The molecule has 168 valence electrons. The van der Waals surface area contributed by atoms with Crippen LogP contribution in [0.15, 0.2) is 18.7 Å². The Labute approximate surface area is 186 Å². The lowest BCUT2D eigenvalue weighted by Crippen LogP contribution is -2.40. The number of anilines is 1. The number of likely N-dealkylation sites (tertiary alicyclic amines) is 1. The molecule has 3 aromatic rings. The van der Waals surface area contributed by atoms with Crippen molar-refractivity contribution in [3.05, 3.63) is 24.5 Å². The van der Waals surface area contributed by atoms with Crippen LogP contribution in [0.1, 0.15) is 32.0 Å². The molecule has 0 aliphatic carbocycles. The second-order valence-corrected chi connectivity index (χ2v) is 8.53. The number of amides is 1. The van der Waals surface area contributed by atoms with E-state index in [1.807, 2.05) is 11.8 Å². The van der Waals surface area contributed by atoms with E-state index < -0.39 is 0 Å². The molecule has 10 heteroatoms. The molecule has 1 atom stereocenters. The summed E-state index contributed by atoms with van der Waals surface area (Å²) in [5, 5.41) is 6.86. The smallest absolute Gasteiger partial charge is 0.225 e. The van der Waals surface area contributed by atoms with Crippen LogP contribution in [0.2, 0.25) is 0 Å². The van der Waals surface area contributed by atoms with Crippen LogP contribution in [0.3, 0.4) is 0 Å². The van der Waals surface area contributed by atoms with Gasteiger partial charge in [-0.25, -0.2) is 24.9 Å². The highest BCUT2D eigenvalue weighted by Crippen LogP contribution is 2.28. The van der Waals surface area contributed by atoms with Gasteiger partial charge in [-0.2, -0.15) is 0 Å². The zero-order valence-corrected chi connectivity index (χ0v) is 18.6. The van der Waals surface area contributed by atoms with E-state index in [1.54, 1.807) is 18.7 Å². The van der Waals surface area contributed by atoms with Crippen molar-refractivity contribution >= 4 is 22.9 Å². The largest absolute Gasteiger partial charge is 0.364 e. The maximum atomic E-state index is 12.9. The monoisotopic (exact) mass is 435 g/mol. The number of nitrogens with zero attached hydrogens (tertiary/aromatic N) is 7. The Morgan fingerprint density at radius 2 is 1.94 bits per heavy atom. The average molecular weight is 436 g/mol. The fourth-order valence-corrected chi connectivity index (χ4v) is 4.67. The third kappa shape index (κ3) is 3.90. The minimum Gasteiger partial charge on any atom is -0.364 e. The van der Waals surface area contributed by atoms with Crippen molar-refractivity contribution in [2.75, 3.05) is 31.5 Å². The molecule has 0 radical (unpaired) electrons. The van der Waals surface area contributed by atoms with Gasteiger partial charge in [-0.15, -0.1) is 0 Å². The number of imidazole rings is 1. The van der Waals surface area contributed by atoms with E-state index in [0.717, 1.165) is 73.8 Å². The molecular weight excluding hydrogens is 406 g/mol. The van der Waals surface area contributed by atoms with Gasteiger partial charge in [0.2, 0.25) is 5.91 Å². The molecule has 5 rings (SSSR count). The Bertz CT molecular complexity index is 1100. The lowest BCUT2D eigenvalue weighted by Gasteiger charge is -2.26. The molecular formula is C22H29N9O. The summed E-state index contributed by atoms with van der Waals surface area (Å²) in [6.07, 6.45) is 7.91. The zero-order valence-electron chi connectivity index (χ0n) is 18.6. The minimum absolute atomic E-state index is 0.150. The van der Waals surface area contributed by atoms with Crippen LogP contribution in [-0.2, 0) is 11.3 Å².